The van der Waals surface area contributed by atoms with E-state index < -0.39 is 155 Å². The lowest BCUT2D eigenvalue weighted by Gasteiger charge is -2.49. The number of ketones is 1. The summed E-state index contributed by atoms with van der Waals surface area (Å²) >= 11 is 0. The van der Waals surface area contributed by atoms with Gasteiger partial charge in [-0.2, -0.15) is 0 Å². The van der Waals surface area contributed by atoms with E-state index in [1.54, 1.807) is 82.4 Å². The molecule has 2 rings (SSSR count). The van der Waals surface area contributed by atoms with Crippen LogP contribution in [0.4, 0.5) is 0 Å². The molecular weight excluding hydrogens is 1140 g/mol. The molecule has 89 heavy (non-hydrogen) atoms. The van der Waals surface area contributed by atoms with Gasteiger partial charge >= 0.3 is 5.97 Å². The van der Waals surface area contributed by atoms with Gasteiger partial charge in [-0.15, -0.1) is 6.58 Å². The Morgan fingerprint density at radius 3 is 1.91 bits per heavy atom. The summed E-state index contributed by atoms with van der Waals surface area (Å²) in [6.07, 6.45) is 3.47. The first-order valence-electron chi connectivity index (χ1n) is 32.1. The van der Waals surface area contributed by atoms with Gasteiger partial charge in [0, 0.05) is 78.7 Å². The average Bonchev–Trinajstić information content (AvgIpc) is 0.824. The van der Waals surface area contributed by atoms with E-state index in [2.05, 4.69) is 27.8 Å². The third kappa shape index (κ3) is 20.0. The minimum Gasteiger partial charge on any atom is -0.480 e. The van der Waals surface area contributed by atoms with Gasteiger partial charge in [-0.25, -0.2) is 4.79 Å². The Balaban J connectivity index is 2.66. The monoisotopic (exact) mass is 1260 g/mol. The SMILES string of the molecule is C=CC(C)(C)[C@@H](C(=O)NC(C(=O)N(C)CC(=O)[C@H](CNC(C)C(=O)N1C(C)C[C@@H](C(=O)N(C)C2C(=O)N(C(C(=O)N[C@@H](CC)C(=O)O)C(C)CCCC)CC(OC)C2C)N(C)C(=O)C(CC(C)C)N(C)C(=O)[C@H]1C)CC(C)C)C(C)C)N(C)C(=O)[C@@H](C)NC. The summed E-state index contributed by atoms with van der Waals surface area (Å²) in [6.45, 7) is 32.1. The Morgan fingerprint density at radius 2 is 1.42 bits per heavy atom. The van der Waals surface area contributed by atoms with Crippen LogP contribution in [0.2, 0.25) is 0 Å². The van der Waals surface area contributed by atoms with Crippen LogP contribution in [-0.4, -0.2) is 246 Å². The summed E-state index contributed by atoms with van der Waals surface area (Å²) in [5.41, 5.74) is -0.910. The summed E-state index contributed by atoms with van der Waals surface area (Å²) in [4.78, 5) is 168. The second kappa shape index (κ2) is 35.0. The van der Waals surface area contributed by atoms with E-state index >= 15 is 14.4 Å². The molecule has 2 saturated heterocycles. The first-order chi connectivity index (χ1) is 41.3. The molecule has 24 heteroatoms. The number of methoxy groups -OCH3 is 1. The van der Waals surface area contributed by atoms with Gasteiger partial charge in [0.05, 0.1) is 24.7 Å². The molecule has 9 unspecified atom stereocenters. The minimum atomic E-state index is -1.31. The van der Waals surface area contributed by atoms with E-state index in [0.717, 1.165) is 12.8 Å². The van der Waals surface area contributed by atoms with E-state index in [4.69, 9.17) is 4.74 Å². The molecule has 15 atom stereocenters. The number of ether oxygens (including phenoxy) is 1. The lowest BCUT2D eigenvalue weighted by Crippen LogP contribution is -2.68. The molecule has 0 aromatic heterocycles. The van der Waals surface area contributed by atoms with Crippen molar-refractivity contribution in [2.45, 2.75) is 228 Å². The van der Waals surface area contributed by atoms with Crippen LogP contribution in [-0.2, 0) is 57.5 Å². The van der Waals surface area contributed by atoms with Gasteiger partial charge in [0.25, 0.3) is 0 Å². The zero-order valence-electron chi connectivity index (χ0n) is 58.2. The van der Waals surface area contributed by atoms with Gasteiger partial charge in [0.1, 0.15) is 48.3 Å². The molecule has 0 saturated carbocycles. The first-order valence-corrected chi connectivity index (χ1v) is 32.1. The highest BCUT2D eigenvalue weighted by molar-refractivity contribution is 5.99. The molecule has 0 aromatic carbocycles. The molecule has 5 N–H and O–H groups in total. The third-order valence-electron chi connectivity index (χ3n) is 18.5. The number of carboxylic acid groups (broad SMARTS) is 1. The number of rotatable bonds is 32. The van der Waals surface area contributed by atoms with Crippen molar-refractivity contribution in [2.75, 3.05) is 69.0 Å². The van der Waals surface area contributed by atoms with Crippen LogP contribution < -0.4 is 21.3 Å². The Bertz CT molecular complexity index is 2470. The number of piperidine rings is 1. The standard InChI is InChI=1S/C65H115N11O13/c1-25-28-29-39(10)52(55(78)68-46(26-2)64(87)88)75-35-50(89-24)41(12)53(63(75)86)73(22)61(84)48-32-40(11)76(44(15)59(82)71(20)47(31-37(6)7)60(83)72(48)21)58(81)43(14)67-33-45(30-36(4)5)49(77)34-70(19)62(85)51(38(8)9)69-56(79)54(65(16,17)27-3)74(23)57(80)42(13)66-18/h27,36-48,50-54,66-67H,3,25-26,28-35H2,1-2,4-24H3,(H,68,78)(H,69,79)(H,87,88)/t39?,40?,41?,42-,43?,44-,45+,46+,47?,48+,50?,51?,52?,53?,54-/m1/s1. The van der Waals surface area contributed by atoms with Crippen molar-refractivity contribution >= 4 is 64.9 Å². The van der Waals surface area contributed by atoms with Gasteiger partial charge in [0.15, 0.2) is 5.78 Å². The van der Waals surface area contributed by atoms with E-state index in [1.807, 2.05) is 41.5 Å². The smallest absolute Gasteiger partial charge is 0.326 e. The van der Waals surface area contributed by atoms with Crippen LogP contribution in [0.5, 0.6) is 0 Å². The van der Waals surface area contributed by atoms with Gasteiger partial charge in [-0.05, 0) is 90.5 Å². The maximum absolute atomic E-state index is 15.6. The van der Waals surface area contributed by atoms with Crippen molar-refractivity contribution in [3.05, 3.63) is 12.7 Å². The van der Waals surface area contributed by atoms with Crippen LogP contribution in [0.25, 0.3) is 0 Å². The molecule has 0 bridgehead atoms. The molecule has 0 aromatic rings. The Labute approximate surface area is 532 Å². The quantitative estimate of drug-likeness (QED) is 0.0601. The number of aliphatic carboxylic acids is 1. The predicted octanol–water partition coefficient (Wildman–Crippen LogP) is 3.65. The molecule has 2 aliphatic heterocycles. The summed E-state index contributed by atoms with van der Waals surface area (Å²) in [5.74, 6) is -8.67. The summed E-state index contributed by atoms with van der Waals surface area (Å²) in [7, 11) is 10.6. The number of likely N-dealkylation sites (N-methyl/N-ethyl adjacent to an activating group) is 6. The van der Waals surface area contributed by atoms with Crippen LogP contribution in [0.3, 0.4) is 0 Å². The maximum atomic E-state index is 15.6. The Hall–Kier alpha value is -6.01. The van der Waals surface area contributed by atoms with Gasteiger partial charge in [-0.3, -0.25) is 47.9 Å². The van der Waals surface area contributed by atoms with Gasteiger partial charge in [0.2, 0.25) is 53.2 Å². The predicted molar refractivity (Wildman–Crippen MR) is 342 cm³/mol. The Morgan fingerprint density at radius 1 is 0.820 bits per heavy atom. The molecule has 9 amide bonds. The molecule has 0 aliphatic carbocycles. The van der Waals surface area contributed by atoms with Crippen LogP contribution >= 0.6 is 0 Å². The zero-order chi connectivity index (χ0) is 68.6. The van der Waals surface area contributed by atoms with E-state index in [-0.39, 0.29) is 62.4 Å². The highest BCUT2D eigenvalue weighted by Gasteiger charge is 2.52. The second-order valence-corrected chi connectivity index (χ2v) is 27.2. The second-order valence-electron chi connectivity index (χ2n) is 27.2. The lowest BCUT2D eigenvalue weighted by molar-refractivity contribution is -0.167. The minimum absolute atomic E-state index is 0.000254. The van der Waals surface area contributed by atoms with Crippen molar-refractivity contribution in [1.29, 1.82) is 0 Å². The number of likely N-dealkylation sites (tertiary alicyclic amines) is 1. The van der Waals surface area contributed by atoms with E-state index in [9.17, 15) is 43.5 Å². The molecule has 2 heterocycles. The molecule has 2 aliphatic rings. The average molecular weight is 1260 g/mol. The number of carbonyl (C=O) groups is 11. The van der Waals surface area contributed by atoms with Crippen molar-refractivity contribution in [3.8, 4) is 0 Å². The number of amides is 9. The van der Waals surface area contributed by atoms with Crippen LogP contribution in [0.1, 0.15) is 156 Å². The summed E-state index contributed by atoms with van der Waals surface area (Å²) < 4.78 is 5.98. The fourth-order valence-electron chi connectivity index (χ4n) is 12.6. The molecule has 0 radical (unpaired) electrons. The Kier molecular flexibility index (Phi) is 31.1. The van der Waals surface area contributed by atoms with Crippen molar-refractivity contribution in [3.63, 3.8) is 0 Å². The maximum Gasteiger partial charge on any atom is 0.326 e. The number of nitrogens with zero attached hydrogens (tertiary/aromatic N) is 7. The topological polar surface area (TPSA) is 288 Å². The fraction of sp³-hybridized carbons (Fsp3) is 0.800. The number of nitrogens with one attached hydrogen (secondary N) is 4. The molecule has 2 fully saturated rings. The molecule has 508 valence electrons. The number of carbonyl (C=O) groups excluding carboxylic acids is 10. The zero-order valence-corrected chi connectivity index (χ0v) is 58.2. The number of hydrogen-bond acceptors (Lipinski definition) is 14. The largest absolute Gasteiger partial charge is 0.480 e. The number of unbranched alkanes of at least 4 members (excludes halogenated alkanes) is 1. The van der Waals surface area contributed by atoms with Crippen molar-refractivity contribution in [1.82, 2.24) is 55.6 Å². The summed E-state index contributed by atoms with van der Waals surface area (Å²) in [5, 5.41) is 21.6. The van der Waals surface area contributed by atoms with E-state index in [0.29, 0.717) is 12.8 Å². The third-order valence-corrected chi connectivity index (χ3v) is 18.5. The van der Waals surface area contributed by atoms with E-state index in [1.165, 1.54) is 76.6 Å². The van der Waals surface area contributed by atoms with Gasteiger partial charge in [-0.1, -0.05) is 102 Å². The fourth-order valence-corrected chi connectivity index (χ4v) is 12.6. The summed E-state index contributed by atoms with van der Waals surface area (Å²) in [6, 6.07) is -11.7. The normalized spacial score (nSPS) is 23.2. The van der Waals surface area contributed by atoms with Crippen molar-refractivity contribution in [2.24, 2.45) is 40.9 Å². The molecule has 24 nitrogen and oxygen atoms in total. The molecule has 0 spiro atoms. The highest BCUT2D eigenvalue weighted by Crippen LogP contribution is 2.33. The van der Waals surface area contributed by atoms with Crippen molar-refractivity contribution < 1.29 is 62.6 Å². The van der Waals surface area contributed by atoms with Crippen LogP contribution in [0.15, 0.2) is 12.7 Å². The number of hydrogen-bond donors (Lipinski definition) is 5. The van der Waals surface area contributed by atoms with Crippen LogP contribution in [0, 0.1) is 40.9 Å². The molecular formula is C65H115N11O13. The number of Topliss-reactive ketones (excluding diaryl/α,β-unsaturated/α-hetero) is 1. The first kappa shape index (κ1) is 79.1. The lowest BCUT2D eigenvalue weighted by atomic mass is 9.82. The highest BCUT2D eigenvalue weighted by atomic mass is 16.5. The van der Waals surface area contributed by atoms with Gasteiger partial charge < -0.3 is 65.4 Å². The number of carboxylic acids is 1.